The first-order valence-corrected chi connectivity index (χ1v) is 14.8. The van der Waals surface area contributed by atoms with Crippen molar-refractivity contribution in [3.63, 3.8) is 0 Å². The molecule has 2 aromatic rings. The number of rotatable bonds is 7. The number of aliphatic imine (C=N–C) groups is 3. The van der Waals surface area contributed by atoms with Gasteiger partial charge in [-0.3, -0.25) is 31.0 Å². The Morgan fingerprint density at radius 3 is 2.27 bits per heavy atom. The highest BCUT2D eigenvalue weighted by atomic mass is 32.2. The minimum Gasteiger partial charge on any atom is -0.442 e. The van der Waals surface area contributed by atoms with E-state index >= 15 is 0 Å². The molecule has 0 saturated carbocycles. The Morgan fingerprint density at radius 2 is 1.57 bits per heavy atom. The number of aromatic nitrogens is 1. The van der Waals surface area contributed by atoms with E-state index in [4.69, 9.17) is 25.2 Å². The Bertz CT molecular complexity index is 1340. The number of nitrogens with zero attached hydrogens (tertiary/aromatic N) is 4. The predicted octanol–water partition coefficient (Wildman–Crippen LogP) is 3.97. The van der Waals surface area contributed by atoms with Gasteiger partial charge in [-0.15, -0.1) is 35.3 Å². The van der Waals surface area contributed by atoms with Crippen molar-refractivity contribution in [2.75, 3.05) is 17.3 Å². The zero-order valence-corrected chi connectivity index (χ0v) is 23.5. The van der Waals surface area contributed by atoms with Gasteiger partial charge >= 0.3 is 0 Å². The summed E-state index contributed by atoms with van der Waals surface area (Å²) < 4.78 is 5.87. The third-order valence-electron chi connectivity index (χ3n) is 6.33. The molecule has 3 atom stereocenters. The van der Waals surface area contributed by atoms with Gasteiger partial charge in [0.2, 0.25) is 5.89 Å². The van der Waals surface area contributed by atoms with Crippen molar-refractivity contribution >= 4 is 62.4 Å². The summed E-state index contributed by atoms with van der Waals surface area (Å²) in [5, 5.41) is 3.01. The largest absolute Gasteiger partial charge is 0.442 e. The molecule has 1 aromatic carbocycles. The maximum absolute atomic E-state index is 12.2. The molecular weight excluding hydrogens is 527 g/mol. The molecule has 0 aliphatic carbocycles. The lowest BCUT2D eigenvalue weighted by atomic mass is 10.0. The number of oxazole rings is 1. The number of amides is 1. The number of carbonyl (C=O) groups is 1. The minimum atomic E-state index is -0.688. The number of hydrogen-bond donors (Lipinski definition) is 3. The first-order valence-electron chi connectivity index (χ1n) is 11.8. The highest BCUT2D eigenvalue weighted by Crippen LogP contribution is 2.46. The van der Waals surface area contributed by atoms with Crippen molar-refractivity contribution in [3.05, 3.63) is 59.3 Å². The van der Waals surface area contributed by atoms with Gasteiger partial charge in [0, 0.05) is 17.3 Å². The van der Waals surface area contributed by atoms with E-state index in [1.54, 1.807) is 42.2 Å². The van der Waals surface area contributed by atoms with Gasteiger partial charge in [-0.25, -0.2) is 4.98 Å². The van der Waals surface area contributed by atoms with Crippen LogP contribution in [-0.4, -0.2) is 54.4 Å². The maximum Gasteiger partial charge on any atom is 0.288 e. The van der Waals surface area contributed by atoms with Gasteiger partial charge in [0.25, 0.3) is 5.91 Å². The van der Waals surface area contributed by atoms with Crippen molar-refractivity contribution < 1.29 is 9.21 Å². The van der Waals surface area contributed by atoms with Crippen LogP contribution in [0.25, 0.3) is 6.08 Å². The fourth-order valence-electron chi connectivity index (χ4n) is 4.18. The van der Waals surface area contributed by atoms with Crippen LogP contribution in [0.1, 0.15) is 48.5 Å². The van der Waals surface area contributed by atoms with E-state index in [0.29, 0.717) is 17.4 Å². The van der Waals surface area contributed by atoms with Gasteiger partial charge in [-0.2, -0.15) is 5.53 Å². The maximum atomic E-state index is 12.2. The standard InChI is InChI=1S/C25H29N7O2S3/c1-15-18(19(33)31-32-26)27-20(34-15)23(2)12-36-22(29-23)25(4)14-37-21(30-25)24(3)13-35-17(28-24)11-10-16-8-6-5-7-9-16/h5-11,32H,12-14,26H2,1-4H3,(H,31,33)/b11-10+/t23-,24-,25-/m0/s1. The fourth-order valence-corrected chi connectivity index (χ4v) is 8.03. The van der Waals surface area contributed by atoms with E-state index in [1.165, 1.54) is 0 Å². The number of hydrazine groups is 2. The first kappa shape index (κ1) is 26.2. The van der Waals surface area contributed by atoms with E-state index in [1.807, 2.05) is 25.1 Å². The monoisotopic (exact) mass is 555 g/mol. The lowest BCUT2D eigenvalue weighted by Crippen LogP contribution is -2.42. The highest BCUT2D eigenvalue weighted by Gasteiger charge is 2.48. The van der Waals surface area contributed by atoms with Crippen LogP contribution in [-0.2, 0) is 5.54 Å². The summed E-state index contributed by atoms with van der Waals surface area (Å²) in [6, 6.07) is 10.2. The van der Waals surface area contributed by atoms with Gasteiger partial charge in [0.15, 0.2) is 5.69 Å². The zero-order valence-electron chi connectivity index (χ0n) is 21.1. The van der Waals surface area contributed by atoms with E-state index < -0.39 is 17.0 Å². The van der Waals surface area contributed by atoms with Crippen LogP contribution in [0.3, 0.4) is 0 Å². The van der Waals surface area contributed by atoms with Crippen LogP contribution in [0, 0.1) is 6.92 Å². The summed E-state index contributed by atoms with van der Waals surface area (Å²) in [6.07, 6.45) is 4.19. The van der Waals surface area contributed by atoms with Crippen molar-refractivity contribution in [1.29, 1.82) is 0 Å². The van der Waals surface area contributed by atoms with E-state index in [-0.39, 0.29) is 11.2 Å². The van der Waals surface area contributed by atoms with Crippen molar-refractivity contribution in [1.82, 2.24) is 15.9 Å². The Morgan fingerprint density at radius 1 is 0.946 bits per heavy atom. The summed E-state index contributed by atoms with van der Waals surface area (Å²) in [7, 11) is 0. The van der Waals surface area contributed by atoms with Crippen LogP contribution in [0.5, 0.6) is 0 Å². The molecule has 12 heteroatoms. The molecule has 0 fully saturated rings. The number of hydrogen-bond acceptors (Lipinski definition) is 11. The predicted molar refractivity (Wildman–Crippen MR) is 155 cm³/mol. The lowest BCUT2D eigenvalue weighted by Gasteiger charge is -2.21. The minimum absolute atomic E-state index is 0.187. The second-order valence-corrected chi connectivity index (χ2v) is 12.7. The second kappa shape index (κ2) is 10.1. The summed E-state index contributed by atoms with van der Waals surface area (Å²) in [4.78, 5) is 31.9. The Labute approximate surface area is 228 Å². The number of nitrogens with two attached hydrogens (primary N) is 1. The molecule has 0 bridgehead atoms. The molecule has 4 heterocycles. The van der Waals surface area contributed by atoms with E-state index in [2.05, 4.69) is 54.1 Å². The number of aryl methyl sites for hydroxylation is 1. The van der Waals surface area contributed by atoms with E-state index in [0.717, 1.165) is 32.2 Å². The molecular formula is C25H29N7O2S3. The topological polar surface area (TPSA) is 130 Å². The zero-order chi connectivity index (χ0) is 26.3. The first-order chi connectivity index (χ1) is 17.6. The normalized spacial score (nSPS) is 29.5. The van der Waals surface area contributed by atoms with E-state index in [9.17, 15) is 4.79 Å². The summed E-state index contributed by atoms with van der Waals surface area (Å²) >= 11 is 5.19. The molecule has 37 heavy (non-hydrogen) atoms. The third-order valence-corrected chi connectivity index (χ3v) is 10.6. The smallest absolute Gasteiger partial charge is 0.288 e. The SMILES string of the molecule is Cc1oc([C@]2(C)CSC([C@]3(C)CSC([C@]4(C)CSC(/C=C/c5ccccc5)=N4)=N3)=N2)nc1C(=O)NNN. The molecule has 3 aliphatic rings. The third kappa shape index (κ3) is 5.17. The molecule has 194 valence electrons. The van der Waals surface area contributed by atoms with Crippen LogP contribution in [0.2, 0.25) is 0 Å². The lowest BCUT2D eigenvalue weighted by molar-refractivity contribution is 0.0927. The van der Waals surface area contributed by atoms with Crippen LogP contribution < -0.4 is 16.8 Å². The van der Waals surface area contributed by atoms with Crippen molar-refractivity contribution in [2.45, 2.75) is 44.3 Å². The van der Waals surface area contributed by atoms with Gasteiger partial charge in [-0.05, 0) is 39.3 Å². The summed E-state index contributed by atoms with van der Waals surface area (Å²) in [5.74, 6) is 7.88. The van der Waals surface area contributed by atoms with Gasteiger partial charge < -0.3 is 4.42 Å². The quantitative estimate of drug-likeness (QED) is 0.346. The molecule has 0 radical (unpaired) electrons. The number of benzene rings is 1. The Hall–Kier alpha value is -2.38. The van der Waals surface area contributed by atoms with Crippen LogP contribution >= 0.6 is 35.3 Å². The van der Waals surface area contributed by atoms with Crippen LogP contribution in [0.15, 0.2) is 55.8 Å². The molecule has 5 rings (SSSR count). The number of nitrogens with one attached hydrogen (secondary N) is 2. The molecule has 9 nitrogen and oxygen atoms in total. The number of carbonyl (C=O) groups excluding carboxylic acids is 1. The molecule has 1 aromatic heterocycles. The average molecular weight is 556 g/mol. The summed E-state index contributed by atoms with van der Waals surface area (Å²) in [6.45, 7) is 7.96. The molecule has 0 unspecified atom stereocenters. The van der Waals surface area contributed by atoms with Crippen molar-refractivity contribution in [3.8, 4) is 0 Å². The van der Waals surface area contributed by atoms with Gasteiger partial charge in [0.1, 0.15) is 22.4 Å². The molecule has 0 spiro atoms. The Kier molecular flexibility index (Phi) is 7.14. The molecule has 0 saturated heterocycles. The second-order valence-electron chi connectivity index (χ2n) is 9.74. The molecule has 4 N–H and O–H groups in total. The average Bonchev–Trinajstić information content (AvgIpc) is 3.66. The number of thioether (sulfide) groups is 3. The van der Waals surface area contributed by atoms with Crippen molar-refractivity contribution in [2.24, 2.45) is 20.8 Å². The molecule has 3 aliphatic heterocycles. The van der Waals surface area contributed by atoms with Crippen LogP contribution in [0.4, 0.5) is 0 Å². The van der Waals surface area contributed by atoms with Gasteiger partial charge in [-0.1, -0.05) is 36.4 Å². The van der Waals surface area contributed by atoms with Gasteiger partial charge in [0.05, 0.1) is 15.1 Å². The highest BCUT2D eigenvalue weighted by molar-refractivity contribution is 8.17. The molecule has 1 amide bonds. The Balaban J connectivity index is 1.35. The fraction of sp³-hybridized carbons (Fsp3) is 0.400. The summed E-state index contributed by atoms with van der Waals surface area (Å²) in [5.41, 5.74) is 4.31.